The van der Waals surface area contributed by atoms with Gasteiger partial charge in [-0.2, -0.15) is 0 Å². The Morgan fingerprint density at radius 3 is 2.18 bits per heavy atom. The minimum atomic E-state index is -3.16. The van der Waals surface area contributed by atoms with Crippen LogP contribution in [0.25, 0.3) is 0 Å². The fourth-order valence-electron chi connectivity index (χ4n) is 1.44. The molecule has 5 heteroatoms. The first-order valence-electron chi connectivity index (χ1n) is 5.46. The van der Waals surface area contributed by atoms with Crippen molar-refractivity contribution in [2.24, 2.45) is 0 Å². The highest BCUT2D eigenvalue weighted by Gasteiger charge is 2.21. The number of hydrogen-bond acceptors (Lipinski definition) is 3. The Kier molecular flexibility index (Phi) is 5.04. The first-order chi connectivity index (χ1) is 7.87. The lowest BCUT2D eigenvalue weighted by atomic mass is 10.2. The second-order valence-electron chi connectivity index (χ2n) is 4.20. The minimum absolute atomic E-state index is 0.377. The molecule has 0 fully saturated rings. The van der Waals surface area contributed by atoms with Crippen LogP contribution in [0.15, 0.2) is 29.2 Å². The van der Waals surface area contributed by atoms with E-state index in [0.29, 0.717) is 6.54 Å². The van der Waals surface area contributed by atoms with Crippen LogP contribution in [0.3, 0.4) is 0 Å². The standard InChI is InChI=1S/C12H19NO2S2/c1-10(2)17(14,15)13(3)9-11-5-7-12(16-4)8-6-11/h5-8,10H,9H2,1-4H3. The van der Waals surface area contributed by atoms with Gasteiger partial charge in [-0.05, 0) is 37.8 Å². The zero-order valence-corrected chi connectivity index (χ0v) is 12.3. The summed E-state index contributed by atoms with van der Waals surface area (Å²) in [5, 5.41) is -0.377. The molecule has 0 aliphatic rings. The highest BCUT2D eigenvalue weighted by atomic mass is 32.2. The predicted molar refractivity (Wildman–Crippen MR) is 73.7 cm³/mol. The highest BCUT2D eigenvalue weighted by molar-refractivity contribution is 7.98. The normalized spacial score (nSPS) is 12.4. The predicted octanol–water partition coefficient (Wildman–Crippen LogP) is 2.58. The van der Waals surface area contributed by atoms with E-state index in [-0.39, 0.29) is 5.25 Å². The largest absolute Gasteiger partial charge is 0.216 e. The van der Waals surface area contributed by atoms with E-state index in [1.807, 2.05) is 30.5 Å². The van der Waals surface area contributed by atoms with Gasteiger partial charge < -0.3 is 0 Å². The summed E-state index contributed by atoms with van der Waals surface area (Å²) in [5.74, 6) is 0. The van der Waals surface area contributed by atoms with Gasteiger partial charge in [-0.25, -0.2) is 12.7 Å². The fraction of sp³-hybridized carbons (Fsp3) is 0.500. The smallest absolute Gasteiger partial charge is 0.212 e. The molecule has 0 saturated carbocycles. The molecule has 1 rings (SSSR count). The molecule has 0 unspecified atom stereocenters. The van der Waals surface area contributed by atoms with Crippen molar-refractivity contribution in [3.63, 3.8) is 0 Å². The third-order valence-corrected chi connectivity index (χ3v) is 5.53. The molecule has 0 radical (unpaired) electrons. The summed E-state index contributed by atoms with van der Waals surface area (Å²) in [4.78, 5) is 1.18. The van der Waals surface area contributed by atoms with Crippen molar-refractivity contribution < 1.29 is 8.42 Å². The van der Waals surface area contributed by atoms with Crippen LogP contribution < -0.4 is 0 Å². The third kappa shape index (κ3) is 3.72. The molecular weight excluding hydrogens is 254 g/mol. The summed E-state index contributed by atoms with van der Waals surface area (Å²) >= 11 is 1.67. The Morgan fingerprint density at radius 1 is 1.24 bits per heavy atom. The second kappa shape index (κ2) is 5.89. The van der Waals surface area contributed by atoms with Gasteiger partial charge in [-0.1, -0.05) is 12.1 Å². The van der Waals surface area contributed by atoms with Gasteiger partial charge in [-0.3, -0.25) is 0 Å². The quantitative estimate of drug-likeness (QED) is 0.774. The molecule has 0 spiro atoms. The van der Waals surface area contributed by atoms with Gasteiger partial charge in [0.1, 0.15) is 0 Å². The molecule has 1 aromatic carbocycles. The Hall–Kier alpha value is -0.520. The lowest BCUT2D eigenvalue weighted by Gasteiger charge is -2.19. The molecule has 0 aliphatic heterocycles. The topological polar surface area (TPSA) is 37.4 Å². The van der Waals surface area contributed by atoms with Gasteiger partial charge in [0, 0.05) is 18.5 Å². The summed E-state index contributed by atoms with van der Waals surface area (Å²) in [6.07, 6.45) is 2.02. The molecule has 0 atom stereocenters. The number of thioether (sulfide) groups is 1. The Morgan fingerprint density at radius 2 is 1.76 bits per heavy atom. The number of hydrogen-bond donors (Lipinski definition) is 0. The first-order valence-corrected chi connectivity index (χ1v) is 8.19. The summed E-state index contributed by atoms with van der Waals surface area (Å²) in [6.45, 7) is 3.82. The van der Waals surface area contributed by atoms with Gasteiger partial charge in [0.25, 0.3) is 0 Å². The van der Waals surface area contributed by atoms with E-state index in [4.69, 9.17) is 0 Å². The lowest BCUT2D eigenvalue weighted by molar-refractivity contribution is 0.459. The van der Waals surface area contributed by atoms with Crippen LogP contribution in [-0.2, 0) is 16.6 Å². The number of nitrogens with zero attached hydrogens (tertiary/aromatic N) is 1. The van der Waals surface area contributed by atoms with Gasteiger partial charge in [0.15, 0.2) is 0 Å². The second-order valence-corrected chi connectivity index (χ2v) is 7.67. The van der Waals surface area contributed by atoms with Crippen molar-refractivity contribution in [2.45, 2.75) is 30.5 Å². The van der Waals surface area contributed by atoms with Crippen LogP contribution >= 0.6 is 11.8 Å². The van der Waals surface area contributed by atoms with E-state index in [0.717, 1.165) is 5.56 Å². The average molecular weight is 273 g/mol. The molecule has 96 valence electrons. The molecule has 0 heterocycles. The van der Waals surface area contributed by atoms with Crippen molar-refractivity contribution in [3.8, 4) is 0 Å². The molecule has 1 aromatic rings. The minimum Gasteiger partial charge on any atom is -0.212 e. The third-order valence-electron chi connectivity index (χ3n) is 2.59. The summed E-state index contributed by atoms with van der Waals surface area (Å²) in [7, 11) is -1.54. The van der Waals surface area contributed by atoms with E-state index in [9.17, 15) is 8.42 Å². The van der Waals surface area contributed by atoms with Gasteiger partial charge in [0.2, 0.25) is 10.0 Å². The number of sulfonamides is 1. The monoisotopic (exact) mass is 273 g/mol. The summed E-state index contributed by atoms with van der Waals surface area (Å²) < 4.78 is 25.2. The van der Waals surface area contributed by atoms with Gasteiger partial charge in [-0.15, -0.1) is 11.8 Å². The van der Waals surface area contributed by atoms with E-state index in [1.54, 1.807) is 32.7 Å². The fourth-order valence-corrected chi connectivity index (χ4v) is 2.89. The average Bonchev–Trinajstić information content (AvgIpc) is 2.29. The van der Waals surface area contributed by atoms with Crippen LogP contribution in [-0.4, -0.2) is 31.3 Å². The maximum atomic E-state index is 11.9. The van der Waals surface area contributed by atoms with Gasteiger partial charge in [0.05, 0.1) is 5.25 Å². The van der Waals surface area contributed by atoms with E-state index >= 15 is 0 Å². The van der Waals surface area contributed by atoms with Crippen molar-refractivity contribution >= 4 is 21.8 Å². The summed E-state index contributed by atoms with van der Waals surface area (Å²) in [5.41, 5.74) is 1.01. The molecule has 3 nitrogen and oxygen atoms in total. The van der Waals surface area contributed by atoms with Crippen molar-refractivity contribution in [1.82, 2.24) is 4.31 Å². The molecule has 17 heavy (non-hydrogen) atoms. The van der Waals surface area contributed by atoms with Crippen molar-refractivity contribution in [2.75, 3.05) is 13.3 Å². The van der Waals surface area contributed by atoms with Crippen LogP contribution in [0.4, 0.5) is 0 Å². The Labute approximate surface area is 108 Å². The number of benzene rings is 1. The molecule has 0 amide bonds. The summed E-state index contributed by atoms with van der Waals surface area (Å²) in [6, 6.07) is 7.96. The Bertz CT molecular complexity index is 452. The Balaban J connectivity index is 2.78. The van der Waals surface area contributed by atoms with E-state index in [1.165, 1.54) is 9.20 Å². The zero-order chi connectivity index (χ0) is 13.1. The lowest BCUT2D eigenvalue weighted by Crippen LogP contribution is -2.32. The van der Waals surface area contributed by atoms with E-state index in [2.05, 4.69) is 0 Å². The van der Waals surface area contributed by atoms with Gasteiger partial charge >= 0.3 is 0 Å². The molecule has 0 N–H and O–H groups in total. The zero-order valence-electron chi connectivity index (χ0n) is 10.7. The van der Waals surface area contributed by atoms with E-state index < -0.39 is 10.0 Å². The SMILES string of the molecule is CSc1ccc(CN(C)S(=O)(=O)C(C)C)cc1. The molecule has 0 saturated heterocycles. The van der Waals surface area contributed by atoms with Crippen molar-refractivity contribution in [1.29, 1.82) is 0 Å². The molecular formula is C12H19NO2S2. The maximum absolute atomic E-state index is 11.9. The van der Waals surface area contributed by atoms with Crippen LogP contribution in [0.1, 0.15) is 19.4 Å². The molecule has 0 bridgehead atoms. The van der Waals surface area contributed by atoms with Crippen LogP contribution in [0.2, 0.25) is 0 Å². The molecule has 0 aromatic heterocycles. The first kappa shape index (κ1) is 14.5. The van der Waals surface area contributed by atoms with Crippen LogP contribution in [0.5, 0.6) is 0 Å². The highest BCUT2D eigenvalue weighted by Crippen LogP contribution is 2.17. The number of rotatable bonds is 5. The van der Waals surface area contributed by atoms with Crippen molar-refractivity contribution in [3.05, 3.63) is 29.8 Å². The van der Waals surface area contributed by atoms with Crippen LogP contribution in [0, 0.1) is 0 Å². The molecule has 0 aliphatic carbocycles. The maximum Gasteiger partial charge on any atom is 0.216 e.